The lowest BCUT2D eigenvalue weighted by atomic mass is 10.0. The fourth-order valence-electron chi connectivity index (χ4n) is 2.61. The zero-order chi connectivity index (χ0) is 16.1. The molecule has 0 aliphatic carbocycles. The van der Waals surface area contributed by atoms with Gasteiger partial charge >= 0.3 is 0 Å². The normalized spacial score (nSPS) is 17.3. The molecule has 0 bridgehead atoms. The van der Waals surface area contributed by atoms with E-state index in [0.717, 1.165) is 40.1 Å². The number of anilines is 1. The molecule has 1 fully saturated rings. The number of carbonyl (C=O) groups excluding carboxylic acids is 1. The van der Waals surface area contributed by atoms with Crippen molar-refractivity contribution >= 4 is 34.7 Å². The van der Waals surface area contributed by atoms with Crippen molar-refractivity contribution in [1.82, 2.24) is 10.3 Å². The molecule has 2 heterocycles. The SMILES string of the molecule is Cc1csc(Sc2ccc(NC(=O)CCC3CCNC3)cc2)n1. The second-order valence-corrected chi connectivity index (χ2v) is 8.01. The largest absolute Gasteiger partial charge is 0.326 e. The van der Waals surface area contributed by atoms with Crippen LogP contribution < -0.4 is 10.6 Å². The molecule has 4 nitrogen and oxygen atoms in total. The molecule has 1 aromatic carbocycles. The Labute approximate surface area is 145 Å². The van der Waals surface area contributed by atoms with Gasteiger partial charge in [0, 0.05) is 28.1 Å². The zero-order valence-corrected chi connectivity index (χ0v) is 14.8. The van der Waals surface area contributed by atoms with Gasteiger partial charge in [-0.2, -0.15) is 0 Å². The fraction of sp³-hybridized carbons (Fsp3) is 0.412. The van der Waals surface area contributed by atoms with E-state index in [1.165, 1.54) is 6.42 Å². The second kappa shape index (κ2) is 7.95. The summed E-state index contributed by atoms with van der Waals surface area (Å²) < 4.78 is 1.05. The Hall–Kier alpha value is -1.37. The van der Waals surface area contributed by atoms with Crippen molar-refractivity contribution < 1.29 is 4.79 Å². The first-order valence-electron chi connectivity index (χ1n) is 7.89. The lowest BCUT2D eigenvalue weighted by Crippen LogP contribution is -2.14. The molecule has 1 saturated heterocycles. The number of rotatable bonds is 6. The third-order valence-electron chi connectivity index (χ3n) is 3.88. The molecule has 1 atom stereocenters. The van der Waals surface area contributed by atoms with E-state index in [9.17, 15) is 4.79 Å². The number of benzene rings is 1. The van der Waals surface area contributed by atoms with E-state index in [0.29, 0.717) is 12.3 Å². The van der Waals surface area contributed by atoms with E-state index >= 15 is 0 Å². The van der Waals surface area contributed by atoms with Crippen molar-refractivity contribution in [1.29, 1.82) is 0 Å². The van der Waals surface area contributed by atoms with Crippen LogP contribution in [0.5, 0.6) is 0 Å². The maximum absolute atomic E-state index is 12.0. The van der Waals surface area contributed by atoms with Gasteiger partial charge in [0.2, 0.25) is 5.91 Å². The van der Waals surface area contributed by atoms with Gasteiger partial charge in [-0.05, 0) is 63.0 Å². The minimum absolute atomic E-state index is 0.104. The fourth-order valence-corrected chi connectivity index (χ4v) is 4.42. The van der Waals surface area contributed by atoms with Gasteiger partial charge in [0.15, 0.2) is 4.34 Å². The molecule has 0 spiro atoms. The molecule has 6 heteroatoms. The summed E-state index contributed by atoms with van der Waals surface area (Å²) in [6.45, 7) is 4.14. The maximum Gasteiger partial charge on any atom is 0.224 e. The Bertz CT molecular complexity index is 648. The molecule has 1 amide bonds. The lowest BCUT2D eigenvalue weighted by molar-refractivity contribution is -0.116. The van der Waals surface area contributed by atoms with E-state index in [1.807, 2.05) is 31.2 Å². The number of aromatic nitrogens is 1. The van der Waals surface area contributed by atoms with E-state index in [1.54, 1.807) is 23.1 Å². The summed E-state index contributed by atoms with van der Waals surface area (Å²) in [5.74, 6) is 0.758. The number of hydrogen-bond acceptors (Lipinski definition) is 5. The highest BCUT2D eigenvalue weighted by Crippen LogP contribution is 2.30. The Balaban J connectivity index is 1.47. The molecule has 2 aromatic rings. The van der Waals surface area contributed by atoms with Gasteiger partial charge in [-0.1, -0.05) is 11.8 Å². The Morgan fingerprint density at radius 2 is 2.26 bits per heavy atom. The number of nitrogens with zero attached hydrogens (tertiary/aromatic N) is 1. The minimum Gasteiger partial charge on any atom is -0.326 e. The van der Waals surface area contributed by atoms with E-state index < -0.39 is 0 Å². The predicted molar refractivity (Wildman–Crippen MR) is 96.3 cm³/mol. The average molecular weight is 348 g/mol. The molecule has 0 saturated carbocycles. The molecule has 0 radical (unpaired) electrons. The third kappa shape index (κ3) is 5.06. The Kier molecular flexibility index (Phi) is 5.70. The summed E-state index contributed by atoms with van der Waals surface area (Å²) in [6.07, 6.45) is 2.76. The molecule has 23 heavy (non-hydrogen) atoms. The van der Waals surface area contributed by atoms with Crippen LogP contribution >= 0.6 is 23.1 Å². The van der Waals surface area contributed by atoms with E-state index in [2.05, 4.69) is 21.0 Å². The van der Waals surface area contributed by atoms with Gasteiger partial charge < -0.3 is 10.6 Å². The predicted octanol–water partition coefficient (Wildman–Crippen LogP) is 3.93. The highest BCUT2D eigenvalue weighted by atomic mass is 32.2. The lowest BCUT2D eigenvalue weighted by Gasteiger charge is -2.09. The van der Waals surface area contributed by atoms with Crippen LogP contribution in [0.25, 0.3) is 0 Å². The maximum atomic E-state index is 12.0. The molecule has 2 N–H and O–H groups in total. The molecule has 1 aromatic heterocycles. The quantitative estimate of drug-likeness (QED) is 0.831. The van der Waals surface area contributed by atoms with Gasteiger partial charge in [-0.25, -0.2) is 4.98 Å². The summed E-state index contributed by atoms with van der Waals surface area (Å²) in [6, 6.07) is 7.96. The molecule has 1 aliphatic rings. The average Bonchev–Trinajstić information content (AvgIpc) is 3.19. The van der Waals surface area contributed by atoms with Crippen LogP contribution in [0.15, 0.2) is 38.9 Å². The standard InChI is InChI=1S/C17H21N3OS2/c1-12-11-22-17(19-12)23-15-5-3-14(4-6-15)20-16(21)7-2-13-8-9-18-10-13/h3-6,11,13,18H,2,7-10H2,1H3,(H,20,21). The number of aryl methyl sites for hydroxylation is 1. The van der Waals surface area contributed by atoms with Crippen LogP contribution in [-0.2, 0) is 4.79 Å². The van der Waals surface area contributed by atoms with Gasteiger partial charge in [0.25, 0.3) is 0 Å². The third-order valence-corrected chi connectivity index (χ3v) is 5.95. The van der Waals surface area contributed by atoms with Crippen molar-refractivity contribution in [2.45, 2.75) is 35.4 Å². The van der Waals surface area contributed by atoms with Crippen molar-refractivity contribution in [2.24, 2.45) is 5.92 Å². The first-order chi connectivity index (χ1) is 11.2. The van der Waals surface area contributed by atoms with Gasteiger partial charge in [-0.3, -0.25) is 4.79 Å². The zero-order valence-electron chi connectivity index (χ0n) is 13.2. The summed E-state index contributed by atoms with van der Waals surface area (Å²) in [7, 11) is 0. The van der Waals surface area contributed by atoms with Crippen LogP contribution in [0.4, 0.5) is 5.69 Å². The van der Waals surface area contributed by atoms with Crippen molar-refractivity contribution in [2.75, 3.05) is 18.4 Å². The van der Waals surface area contributed by atoms with Crippen LogP contribution in [-0.4, -0.2) is 24.0 Å². The molecule has 3 rings (SSSR count). The number of amides is 1. The van der Waals surface area contributed by atoms with Gasteiger partial charge in [0.1, 0.15) is 0 Å². The highest BCUT2D eigenvalue weighted by Gasteiger charge is 2.15. The van der Waals surface area contributed by atoms with Crippen LogP contribution in [0.1, 0.15) is 25.0 Å². The highest BCUT2D eigenvalue weighted by molar-refractivity contribution is 8.01. The molecule has 1 unspecified atom stereocenters. The van der Waals surface area contributed by atoms with Crippen molar-refractivity contribution in [3.05, 3.63) is 35.3 Å². The van der Waals surface area contributed by atoms with Crippen LogP contribution in [0.3, 0.4) is 0 Å². The Morgan fingerprint density at radius 3 is 2.91 bits per heavy atom. The van der Waals surface area contributed by atoms with E-state index in [4.69, 9.17) is 0 Å². The molecule has 122 valence electrons. The summed E-state index contributed by atoms with van der Waals surface area (Å²) in [5.41, 5.74) is 1.91. The minimum atomic E-state index is 0.104. The molecule has 1 aliphatic heterocycles. The summed E-state index contributed by atoms with van der Waals surface area (Å²) in [4.78, 5) is 17.6. The number of nitrogens with one attached hydrogen (secondary N) is 2. The smallest absolute Gasteiger partial charge is 0.224 e. The topological polar surface area (TPSA) is 54.0 Å². The first-order valence-corrected chi connectivity index (χ1v) is 9.59. The second-order valence-electron chi connectivity index (χ2n) is 5.83. The molecular weight excluding hydrogens is 326 g/mol. The Morgan fingerprint density at radius 1 is 1.43 bits per heavy atom. The summed E-state index contributed by atoms with van der Waals surface area (Å²) in [5, 5.41) is 8.37. The van der Waals surface area contributed by atoms with Gasteiger partial charge in [0.05, 0.1) is 0 Å². The van der Waals surface area contributed by atoms with Crippen LogP contribution in [0.2, 0.25) is 0 Å². The number of thiazole rings is 1. The number of carbonyl (C=O) groups is 1. The summed E-state index contributed by atoms with van der Waals surface area (Å²) >= 11 is 3.31. The van der Waals surface area contributed by atoms with Crippen LogP contribution in [0, 0.1) is 12.8 Å². The van der Waals surface area contributed by atoms with Gasteiger partial charge in [-0.15, -0.1) is 11.3 Å². The number of hydrogen-bond donors (Lipinski definition) is 2. The van der Waals surface area contributed by atoms with E-state index in [-0.39, 0.29) is 5.91 Å². The van der Waals surface area contributed by atoms with Crippen molar-refractivity contribution in [3.63, 3.8) is 0 Å². The first kappa shape index (κ1) is 16.5. The monoisotopic (exact) mass is 347 g/mol. The van der Waals surface area contributed by atoms with Crippen molar-refractivity contribution in [3.8, 4) is 0 Å². The molecular formula is C17H21N3OS2.